The van der Waals surface area contributed by atoms with Crippen molar-refractivity contribution in [3.8, 4) is 0 Å². The number of hydrogen-bond acceptors (Lipinski definition) is 3. The molecule has 4 nitrogen and oxygen atoms in total. The Hall–Kier alpha value is -1.58. The Morgan fingerprint density at radius 2 is 2.00 bits per heavy atom. The fraction of sp³-hybridized carbons (Fsp3) is 0.700. The van der Waals surface area contributed by atoms with Gasteiger partial charge in [0.25, 0.3) is 0 Å². The van der Waals surface area contributed by atoms with Crippen molar-refractivity contribution in [2.24, 2.45) is 23.2 Å². The topological polar surface area (TPSA) is 55.4 Å². The molecule has 2 fully saturated rings. The van der Waals surface area contributed by atoms with Crippen molar-refractivity contribution in [3.05, 3.63) is 24.3 Å². The number of amides is 1. The fourth-order valence-corrected chi connectivity index (χ4v) is 4.38. The van der Waals surface area contributed by atoms with Crippen LogP contribution in [0.25, 0.3) is 0 Å². The van der Waals surface area contributed by atoms with E-state index in [1.807, 2.05) is 24.3 Å². The number of ether oxygens (including phenoxy) is 1. The van der Waals surface area contributed by atoms with E-state index in [0.29, 0.717) is 24.2 Å². The molecule has 1 saturated heterocycles. The lowest BCUT2D eigenvalue weighted by atomic mass is 9.75. The van der Waals surface area contributed by atoms with E-state index in [-0.39, 0.29) is 18.0 Å². The first-order valence-electron chi connectivity index (χ1n) is 9.28. The summed E-state index contributed by atoms with van der Waals surface area (Å²) in [6.45, 7) is 6.62. The van der Waals surface area contributed by atoms with Crippen molar-refractivity contribution in [1.82, 2.24) is 5.32 Å². The predicted octanol–water partition coefficient (Wildman–Crippen LogP) is 3.38. The van der Waals surface area contributed by atoms with E-state index < -0.39 is 11.5 Å². The lowest BCUT2D eigenvalue weighted by Crippen LogP contribution is -2.41. The highest BCUT2D eigenvalue weighted by Gasteiger charge is 2.47. The van der Waals surface area contributed by atoms with Crippen LogP contribution < -0.4 is 5.32 Å². The summed E-state index contributed by atoms with van der Waals surface area (Å²) in [5.74, 6) is 1.16. The van der Waals surface area contributed by atoms with Crippen molar-refractivity contribution in [3.63, 3.8) is 0 Å². The monoisotopic (exact) mass is 331 g/mol. The molecule has 1 unspecified atom stereocenters. The van der Waals surface area contributed by atoms with Crippen molar-refractivity contribution in [1.29, 1.82) is 0 Å². The van der Waals surface area contributed by atoms with E-state index in [1.165, 1.54) is 6.42 Å². The summed E-state index contributed by atoms with van der Waals surface area (Å²) in [5.41, 5.74) is -0.654. The van der Waals surface area contributed by atoms with Crippen LogP contribution in [0.5, 0.6) is 0 Å². The first-order valence-corrected chi connectivity index (χ1v) is 9.28. The standard InChI is InChI=1S/C20H29NO3/c1-13(2)15-8-7-14(3)11-17(15)24-18(22)16-12-20(19(23)21-16)9-5-4-6-10-20/h5-6,9-10,13-17H,4,7-8,11-12H2,1-3H3,(H,21,23)/t14-,15+,16?,17-/m0/s1. The lowest BCUT2D eigenvalue weighted by Gasteiger charge is -2.37. The minimum absolute atomic E-state index is 0.0212. The molecule has 2 aliphatic carbocycles. The Labute approximate surface area is 144 Å². The smallest absolute Gasteiger partial charge is 0.328 e. The Morgan fingerprint density at radius 1 is 1.29 bits per heavy atom. The molecule has 1 aliphatic heterocycles. The molecule has 1 spiro atoms. The largest absolute Gasteiger partial charge is 0.461 e. The Bertz CT molecular complexity index is 551. The molecule has 0 aromatic heterocycles. The number of carbonyl (C=O) groups is 2. The highest BCUT2D eigenvalue weighted by molar-refractivity contribution is 5.95. The second kappa shape index (κ2) is 6.73. The molecule has 0 bridgehead atoms. The van der Waals surface area contributed by atoms with Gasteiger partial charge in [0, 0.05) is 0 Å². The van der Waals surface area contributed by atoms with Gasteiger partial charge in [0.2, 0.25) is 5.91 Å². The predicted molar refractivity (Wildman–Crippen MR) is 93.1 cm³/mol. The molecule has 1 saturated carbocycles. The zero-order valence-corrected chi connectivity index (χ0v) is 15.0. The first-order chi connectivity index (χ1) is 11.4. The maximum Gasteiger partial charge on any atom is 0.328 e. The van der Waals surface area contributed by atoms with Gasteiger partial charge in [-0.3, -0.25) is 4.79 Å². The van der Waals surface area contributed by atoms with Crippen LogP contribution in [0.3, 0.4) is 0 Å². The molecule has 3 rings (SSSR count). The van der Waals surface area contributed by atoms with Gasteiger partial charge in [0.05, 0.1) is 5.41 Å². The molecular formula is C20H29NO3. The third kappa shape index (κ3) is 3.28. The van der Waals surface area contributed by atoms with Crippen molar-refractivity contribution in [2.75, 3.05) is 0 Å². The molecule has 1 amide bonds. The van der Waals surface area contributed by atoms with Gasteiger partial charge in [-0.15, -0.1) is 0 Å². The number of nitrogens with one attached hydrogen (secondary N) is 1. The molecule has 132 valence electrons. The van der Waals surface area contributed by atoms with Crippen LogP contribution in [-0.2, 0) is 14.3 Å². The molecule has 4 heteroatoms. The van der Waals surface area contributed by atoms with Crippen LogP contribution in [0.2, 0.25) is 0 Å². The van der Waals surface area contributed by atoms with E-state index in [2.05, 4.69) is 26.1 Å². The Kier molecular flexibility index (Phi) is 4.84. The third-order valence-electron chi connectivity index (χ3n) is 5.89. The van der Waals surface area contributed by atoms with Gasteiger partial charge in [-0.05, 0) is 43.4 Å². The van der Waals surface area contributed by atoms with Crippen LogP contribution in [0, 0.1) is 23.2 Å². The van der Waals surface area contributed by atoms with Crippen LogP contribution in [0.4, 0.5) is 0 Å². The zero-order chi connectivity index (χ0) is 17.3. The second-order valence-electron chi connectivity index (χ2n) is 8.11. The lowest BCUT2D eigenvalue weighted by molar-refractivity contribution is -0.158. The van der Waals surface area contributed by atoms with Gasteiger partial charge in [-0.25, -0.2) is 4.79 Å². The first kappa shape index (κ1) is 17.2. The van der Waals surface area contributed by atoms with Gasteiger partial charge in [-0.1, -0.05) is 51.5 Å². The van der Waals surface area contributed by atoms with Crippen LogP contribution in [0.15, 0.2) is 24.3 Å². The summed E-state index contributed by atoms with van der Waals surface area (Å²) in [6, 6.07) is -0.532. The van der Waals surface area contributed by atoms with E-state index in [9.17, 15) is 9.59 Å². The normalized spacial score (nSPS) is 34.6. The molecule has 0 aromatic rings. The van der Waals surface area contributed by atoms with E-state index in [1.54, 1.807) is 0 Å². The van der Waals surface area contributed by atoms with E-state index in [4.69, 9.17) is 4.74 Å². The molecule has 1 heterocycles. The molecule has 24 heavy (non-hydrogen) atoms. The highest BCUT2D eigenvalue weighted by Crippen LogP contribution is 2.38. The minimum atomic E-state index is -0.654. The SMILES string of the molecule is CC(C)[C@H]1CC[C@H](C)C[C@@H]1OC(=O)C1CC2(C=CCC=C2)C(=O)N1. The van der Waals surface area contributed by atoms with Crippen molar-refractivity contribution in [2.45, 2.75) is 65.0 Å². The molecule has 1 N–H and O–H groups in total. The molecule has 4 atom stereocenters. The van der Waals surface area contributed by atoms with Crippen LogP contribution >= 0.6 is 0 Å². The number of allylic oxidation sites excluding steroid dienone is 2. The molecule has 0 aromatic carbocycles. The molecule has 3 aliphatic rings. The zero-order valence-electron chi connectivity index (χ0n) is 15.0. The summed E-state index contributed by atoms with van der Waals surface area (Å²) in [5, 5.41) is 2.84. The summed E-state index contributed by atoms with van der Waals surface area (Å²) in [6.07, 6.45) is 12.4. The van der Waals surface area contributed by atoms with Gasteiger partial charge in [0.1, 0.15) is 12.1 Å². The van der Waals surface area contributed by atoms with Crippen LogP contribution in [-0.4, -0.2) is 24.0 Å². The minimum Gasteiger partial charge on any atom is -0.461 e. The number of carbonyl (C=O) groups excluding carboxylic acids is 2. The Morgan fingerprint density at radius 3 is 2.67 bits per heavy atom. The Balaban J connectivity index is 1.66. The second-order valence-corrected chi connectivity index (χ2v) is 8.11. The van der Waals surface area contributed by atoms with Gasteiger partial charge >= 0.3 is 5.97 Å². The van der Waals surface area contributed by atoms with Gasteiger partial charge in [0.15, 0.2) is 0 Å². The average molecular weight is 331 g/mol. The van der Waals surface area contributed by atoms with Crippen LogP contribution in [0.1, 0.15) is 52.9 Å². The quantitative estimate of drug-likeness (QED) is 0.637. The maximum absolute atomic E-state index is 12.7. The fourth-order valence-electron chi connectivity index (χ4n) is 4.38. The average Bonchev–Trinajstić information content (AvgIpc) is 2.84. The molecular weight excluding hydrogens is 302 g/mol. The maximum atomic E-state index is 12.7. The van der Waals surface area contributed by atoms with E-state index >= 15 is 0 Å². The highest BCUT2D eigenvalue weighted by atomic mass is 16.5. The number of hydrogen-bond donors (Lipinski definition) is 1. The summed E-state index contributed by atoms with van der Waals surface area (Å²) in [7, 11) is 0. The summed E-state index contributed by atoms with van der Waals surface area (Å²) >= 11 is 0. The number of rotatable bonds is 3. The van der Waals surface area contributed by atoms with E-state index in [0.717, 1.165) is 19.3 Å². The third-order valence-corrected chi connectivity index (χ3v) is 5.89. The number of esters is 1. The molecule has 0 radical (unpaired) electrons. The van der Waals surface area contributed by atoms with Crippen molar-refractivity contribution >= 4 is 11.9 Å². The summed E-state index contributed by atoms with van der Waals surface area (Å²) in [4.78, 5) is 25.0. The summed E-state index contributed by atoms with van der Waals surface area (Å²) < 4.78 is 5.90. The van der Waals surface area contributed by atoms with Crippen molar-refractivity contribution < 1.29 is 14.3 Å². The van der Waals surface area contributed by atoms with Gasteiger partial charge < -0.3 is 10.1 Å². The van der Waals surface area contributed by atoms with Gasteiger partial charge in [-0.2, -0.15) is 0 Å².